The maximum atomic E-state index is 12.9. The van der Waals surface area contributed by atoms with Crippen molar-refractivity contribution in [3.8, 4) is 5.75 Å². The Kier molecular flexibility index (Phi) is 8.31. The normalized spacial score (nSPS) is 26.2. The molecule has 5 rings (SSSR count). The number of rotatable bonds is 11. The summed E-state index contributed by atoms with van der Waals surface area (Å²) in [6.45, 7) is 3.66. The van der Waals surface area contributed by atoms with E-state index >= 15 is 0 Å². The van der Waals surface area contributed by atoms with Crippen LogP contribution in [0, 0.1) is 11.8 Å². The number of benzene rings is 2. The third kappa shape index (κ3) is 6.32. The van der Waals surface area contributed by atoms with E-state index in [2.05, 4.69) is 64.8 Å². The molecule has 4 nitrogen and oxygen atoms in total. The molecule has 2 aliphatic carbocycles. The van der Waals surface area contributed by atoms with Crippen molar-refractivity contribution in [1.29, 1.82) is 0 Å². The number of carbonyl (C=O) groups excluding carboxylic acids is 1. The number of unbranched alkanes of at least 4 members (excludes halogenated alkanes) is 2. The van der Waals surface area contributed by atoms with E-state index in [9.17, 15) is 4.79 Å². The molecule has 0 radical (unpaired) electrons. The third-order valence-corrected chi connectivity index (χ3v) is 9.04. The number of aryl methyl sites for hydroxylation is 1. The minimum atomic E-state index is 0.139. The maximum absolute atomic E-state index is 12.9. The summed E-state index contributed by atoms with van der Waals surface area (Å²) in [4.78, 5) is 15.6. The molecule has 1 N–H and O–H groups in total. The minimum Gasteiger partial charge on any atom is -0.497 e. The van der Waals surface area contributed by atoms with Gasteiger partial charge in [-0.3, -0.25) is 4.79 Å². The van der Waals surface area contributed by atoms with Gasteiger partial charge >= 0.3 is 0 Å². The summed E-state index contributed by atoms with van der Waals surface area (Å²) in [5, 5.41) is 3.45. The molecule has 0 bridgehead atoms. The second-order valence-electron chi connectivity index (χ2n) is 11.6. The molecule has 0 aromatic heterocycles. The molecular formula is C32H44N2O2. The molecule has 4 heteroatoms. The molecule has 1 amide bonds. The van der Waals surface area contributed by atoms with E-state index in [0.717, 1.165) is 50.2 Å². The summed E-state index contributed by atoms with van der Waals surface area (Å²) in [7, 11) is 1.76. The first-order chi connectivity index (χ1) is 17.6. The van der Waals surface area contributed by atoms with E-state index in [1.165, 1.54) is 56.4 Å². The van der Waals surface area contributed by atoms with Gasteiger partial charge in [0.05, 0.1) is 7.11 Å². The van der Waals surface area contributed by atoms with Crippen LogP contribution in [-0.2, 0) is 16.6 Å². The monoisotopic (exact) mass is 488 g/mol. The summed E-state index contributed by atoms with van der Waals surface area (Å²) in [5.41, 5.74) is 2.95. The number of amides is 1. The van der Waals surface area contributed by atoms with Crippen molar-refractivity contribution in [2.45, 2.75) is 82.1 Å². The van der Waals surface area contributed by atoms with Gasteiger partial charge in [0.1, 0.15) is 5.75 Å². The molecule has 3 atom stereocenters. The van der Waals surface area contributed by atoms with Gasteiger partial charge in [-0.25, -0.2) is 0 Å². The third-order valence-electron chi connectivity index (χ3n) is 9.04. The summed E-state index contributed by atoms with van der Waals surface area (Å²) in [6.07, 6.45) is 12.4. The van der Waals surface area contributed by atoms with Crippen molar-refractivity contribution in [3.05, 3.63) is 65.7 Å². The molecule has 3 unspecified atom stereocenters. The van der Waals surface area contributed by atoms with Crippen LogP contribution in [0.25, 0.3) is 0 Å². The van der Waals surface area contributed by atoms with Gasteiger partial charge in [0, 0.05) is 31.0 Å². The highest BCUT2D eigenvalue weighted by Crippen LogP contribution is 2.50. The maximum Gasteiger partial charge on any atom is 0.220 e. The molecular weight excluding hydrogens is 444 g/mol. The topological polar surface area (TPSA) is 41.6 Å². The van der Waals surface area contributed by atoms with Crippen LogP contribution in [0.5, 0.6) is 5.75 Å². The molecule has 1 heterocycles. The van der Waals surface area contributed by atoms with Crippen LogP contribution in [0.2, 0.25) is 0 Å². The van der Waals surface area contributed by atoms with Gasteiger partial charge in [-0.05, 0) is 99.4 Å². The van der Waals surface area contributed by atoms with Crippen molar-refractivity contribution in [3.63, 3.8) is 0 Å². The van der Waals surface area contributed by atoms with Crippen LogP contribution >= 0.6 is 0 Å². The molecule has 194 valence electrons. The van der Waals surface area contributed by atoms with Crippen LogP contribution in [-0.4, -0.2) is 43.6 Å². The molecule has 1 saturated heterocycles. The fourth-order valence-electron chi connectivity index (χ4n) is 6.84. The molecule has 3 fully saturated rings. The molecule has 1 aliphatic heterocycles. The lowest BCUT2D eigenvalue weighted by molar-refractivity contribution is -0.122. The molecule has 0 spiro atoms. The standard InChI is InChI=1S/C32H44N2O2/c1-36-30-13-8-12-27(21-30)32-19-20-34(23-26-15-16-26)24-28(32)17-18-29(22-32)33-31(35)14-7-3-6-11-25-9-4-2-5-10-25/h2,4-5,8-10,12-13,21,26,28-29H,3,6-7,11,14-20,22-24H2,1H3,(H,33,35). The van der Waals surface area contributed by atoms with E-state index in [1.54, 1.807) is 7.11 Å². The molecule has 2 aromatic rings. The fraction of sp³-hybridized carbons (Fsp3) is 0.594. The molecule has 36 heavy (non-hydrogen) atoms. The Bertz CT molecular complexity index is 989. The van der Waals surface area contributed by atoms with Gasteiger partial charge in [0.25, 0.3) is 0 Å². The largest absolute Gasteiger partial charge is 0.497 e. The summed E-state index contributed by atoms with van der Waals surface area (Å²) in [5.74, 6) is 2.79. The molecule has 3 aliphatic rings. The lowest BCUT2D eigenvalue weighted by Gasteiger charge is -2.53. The Morgan fingerprint density at radius 1 is 1.03 bits per heavy atom. The fourth-order valence-corrected chi connectivity index (χ4v) is 6.84. The predicted octanol–water partition coefficient (Wildman–Crippen LogP) is 6.14. The lowest BCUT2D eigenvalue weighted by Crippen LogP contribution is -2.56. The second kappa shape index (κ2) is 11.8. The smallest absolute Gasteiger partial charge is 0.220 e. The Morgan fingerprint density at radius 3 is 2.69 bits per heavy atom. The van der Waals surface area contributed by atoms with Gasteiger partial charge in [-0.2, -0.15) is 0 Å². The zero-order valence-electron chi connectivity index (χ0n) is 22.1. The number of piperidine rings is 1. The van der Waals surface area contributed by atoms with Crippen molar-refractivity contribution < 1.29 is 9.53 Å². The zero-order valence-corrected chi connectivity index (χ0v) is 22.1. The van der Waals surface area contributed by atoms with Crippen LogP contribution in [0.15, 0.2) is 54.6 Å². The van der Waals surface area contributed by atoms with Crippen LogP contribution in [0.3, 0.4) is 0 Å². The average molecular weight is 489 g/mol. The first-order valence-corrected chi connectivity index (χ1v) is 14.3. The van der Waals surface area contributed by atoms with Crippen molar-refractivity contribution in [1.82, 2.24) is 10.2 Å². The van der Waals surface area contributed by atoms with E-state index < -0.39 is 0 Å². The van der Waals surface area contributed by atoms with E-state index in [4.69, 9.17) is 4.74 Å². The first-order valence-electron chi connectivity index (χ1n) is 14.3. The molecule has 2 aromatic carbocycles. The highest BCUT2D eigenvalue weighted by atomic mass is 16.5. The number of likely N-dealkylation sites (tertiary alicyclic amines) is 1. The van der Waals surface area contributed by atoms with Gasteiger partial charge in [-0.15, -0.1) is 0 Å². The van der Waals surface area contributed by atoms with Gasteiger partial charge in [-0.1, -0.05) is 48.9 Å². The van der Waals surface area contributed by atoms with Crippen molar-refractivity contribution in [2.75, 3.05) is 26.7 Å². The van der Waals surface area contributed by atoms with Gasteiger partial charge < -0.3 is 15.0 Å². The van der Waals surface area contributed by atoms with Crippen LogP contribution in [0.1, 0.15) is 75.3 Å². The number of methoxy groups -OCH3 is 1. The number of carbonyl (C=O) groups is 1. The van der Waals surface area contributed by atoms with Crippen LogP contribution < -0.4 is 10.1 Å². The lowest BCUT2D eigenvalue weighted by atomic mass is 9.58. The van der Waals surface area contributed by atoms with E-state index in [0.29, 0.717) is 12.3 Å². The number of nitrogens with zero attached hydrogens (tertiary/aromatic N) is 1. The van der Waals surface area contributed by atoms with Crippen molar-refractivity contribution in [2.24, 2.45) is 11.8 Å². The Labute approximate surface area is 217 Å². The number of fused-ring (bicyclic) bond motifs is 1. The Morgan fingerprint density at radius 2 is 1.89 bits per heavy atom. The summed E-state index contributed by atoms with van der Waals surface area (Å²) >= 11 is 0. The summed E-state index contributed by atoms with van der Waals surface area (Å²) < 4.78 is 5.61. The zero-order chi connectivity index (χ0) is 24.8. The number of ether oxygens (including phenoxy) is 1. The highest BCUT2D eigenvalue weighted by Gasteiger charge is 2.48. The SMILES string of the molecule is COc1cccc(C23CCN(CC4CC4)CC2CCC(NC(=O)CCCCCc2ccccc2)C3)c1. The highest BCUT2D eigenvalue weighted by molar-refractivity contribution is 5.76. The Balaban J connectivity index is 1.17. The summed E-state index contributed by atoms with van der Waals surface area (Å²) in [6, 6.07) is 19.7. The minimum absolute atomic E-state index is 0.139. The average Bonchev–Trinajstić information content (AvgIpc) is 3.73. The van der Waals surface area contributed by atoms with Crippen molar-refractivity contribution >= 4 is 5.91 Å². The predicted molar refractivity (Wildman–Crippen MR) is 146 cm³/mol. The number of hydrogen-bond donors (Lipinski definition) is 1. The van der Waals surface area contributed by atoms with Gasteiger partial charge in [0.2, 0.25) is 5.91 Å². The quantitative estimate of drug-likeness (QED) is 0.387. The van der Waals surface area contributed by atoms with E-state index in [1.807, 2.05) is 0 Å². The second-order valence-corrected chi connectivity index (χ2v) is 11.6. The number of nitrogens with one attached hydrogen (secondary N) is 1. The van der Waals surface area contributed by atoms with Gasteiger partial charge in [0.15, 0.2) is 0 Å². The van der Waals surface area contributed by atoms with Crippen LogP contribution in [0.4, 0.5) is 0 Å². The van der Waals surface area contributed by atoms with E-state index in [-0.39, 0.29) is 17.4 Å². The first kappa shape index (κ1) is 25.3. The number of hydrogen-bond acceptors (Lipinski definition) is 3. The molecule has 2 saturated carbocycles. The Hall–Kier alpha value is -2.33.